The quantitative estimate of drug-likeness (QED) is 0.390. The van der Waals surface area contributed by atoms with Gasteiger partial charge in [-0.1, -0.05) is 36.8 Å². The van der Waals surface area contributed by atoms with Crippen LogP contribution in [-0.2, 0) is 9.59 Å². The highest BCUT2D eigenvalue weighted by Gasteiger charge is 2.14. The van der Waals surface area contributed by atoms with Crippen LogP contribution in [0.2, 0.25) is 0 Å². The first kappa shape index (κ1) is 22.7. The number of aliphatic carboxylic acids is 1. The lowest BCUT2D eigenvalue weighted by Crippen LogP contribution is -2.35. The highest BCUT2D eigenvalue weighted by Crippen LogP contribution is 2.14. The zero-order valence-electron chi connectivity index (χ0n) is 16.9. The molecule has 158 valence electrons. The van der Waals surface area contributed by atoms with E-state index in [2.05, 4.69) is 10.6 Å². The molecule has 0 aliphatic rings. The van der Waals surface area contributed by atoms with E-state index in [-0.39, 0.29) is 18.0 Å². The van der Waals surface area contributed by atoms with Crippen molar-refractivity contribution in [3.8, 4) is 5.75 Å². The van der Waals surface area contributed by atoms with Crippen LogP contribution < -0.4 is 15.4 Å². The smallest absolute Gasteiger partial charge is 0.303 e. The summed E-state index contributed by atoms with van der Waals surface area (Å²) < 4.78 is 5.14. The molecule has 7 nitrogen and oxygen atoms in total. The maximum Gasteiger partial charge on any atom is 0.303 e. The molecule has 0 aromatic heterocycles. The third-order valence-corrected chi connectivity index (χ3v) is 4.31. The largest absolute Gasteiger partial charge is 0.497 e. The second kappa shape index (κ2) is 12.1. The third kappa shape index (κ3) is 7.79. The van der Waals surface area contributed by atoms with Crippen LogP contribution in [0.4, 0.5) is 0 Å². The van der Waals surface area contributed by atoms with Crippen LogP contribution in [0.3, 0.4) is 0 Å². The fourth-order valence-corrected chi connectivity index (χ4v) is 2.68. The topological polar surface area (TPSA) is 105 Å². The Hall–Kier alpha value is -3.61. The van der Waals surface area contributed by atoms with E-state index in [9.17, 15) is 14.4 Å². The summed E-state index contributed by atoms with van der Waals surface area (Å²) in [7, 11) is 1.57. The van der Waals surface area contributed by atoms with Gasteiger partial charge in [-0.15, -0.1) is 0 Å². The maximum atomic E-state index is 12.7. The van der Waals surface area contributed by atoms with Crippen molar-refractivity contribution in [1.29, 1.82) is 0 Å². The van der Waals surface area contributed by atoms with Crippen molar-refractivity contribution in [1.82, 2.24) is 10.6 Å². The van der Waals surface area contributed by atoms with Crippen molar-refractivity contribution in [2.45, 2.75) is 25.7 Å². The number of carboxylic acids is 1. The number of nitrogens with one attached hydrogen (secondary N) is 2. The molecule has 0 aliphatic heterocycles. The van der Waals surface area contributed by atoms with Gasteiger partial charge in [0.05, 0.1) is 7.11 Å². The van der Waals surface area contributed by atoms with E-state index >= 15 is 0 Å². The van der Waals surface area contributed by atoms with Crippen molar-refractivity contribution in [3.63, 3.8) is 0 Å². The van der Waals surface area contributed by atoms with Gasteiger partial charge < -0.3 is 20.5 Å². The van der Waals surface area contributed by atoms with Gasteiger partial charge in [-0.25, -0.2) is 0 Å². The molecular formula is C23H26N2O5. The van der Waals surface area contributed by atoms with Crippen LogP contribution in [0.15, 0.2) is 60.3 Å². The van der Waals surface area contributed by atoms with Crippen LogP contribution in [0.1, 0.15) is 41.6 Å². The summed E-state index contributed by atoms with van der Waals surface area (Å²) in [6.45, 7) is 0.389. The fraction of sp³-hybridized carbons (Fsp3) is 0.261. The molecule has 0 unspecified atom stereocenters. The van der Waals surface area contributed by atoms with Gasteiger partial charge in [-0.2, -0.15) is 0 Å². The second-order valence-corrected chi connectivity index (χ2v) is 6.61. The average molecular weight is 410 g/mol. The van der Waals surface area contributed by atoms with Crippen LogP contribution in [-0.4, -0.2) is 36.5 Å². The number of carbonyl (C=O) groups is 3. The zero-order valence-corrected chi connectivity index (χ0v) is 16.9. The molecule has 0 saturated carbocycles. The number of carbonyl (C=O) groups excluding carboxylic acids is 2. The van der Waals surface area contributed by atoms with E-state index in [4.69, 9.17) is 9.84 Å². The van der Waals surface area contributed by atoms with E-state index in [0.29, 0.717) is 37.1 Å². The lowest BCUT2D eigenvalue weighted by atomic mass is 10.1. The van der Waals surface area contributed by atoms with Crippen molar-refractivity contribution < 1.29 is 24.2 Å². The molecule has 2 rings (SSSR count). The highest BCUT2D eigenvalue weighted by molar-refractivity contribution is 6.05. The molecule has 0 heterocycles. The number of methoxy groups -OCH3 is 1. The molecule has 30 heavy (non-hydrogen) atoms. The molecular weight excluding hydrogens is 384 g/mol. The SMILES string of the molecule is COc1ccc(/C=C(\NC(=O)c2ccccc2)C(=O)NCCCCCC(=O)O)cc1. The van der Waals surface area contributed by atoms with Crippen LogP contribution >= 0.6 is 0 Å². The van der Waals surface area contributed by atoms with Gasteiger partial charge in [-0.3, -0.25) is 14.4 Å². The number of amides is 2. The number of hydrogen-bond acceptors (Lipinski definition) is 4. The number of ether oxygens (including phenoxy) is 1. The molecule has 2 aromatic rings. The van der Waals surface area contributed by atoms with Gasteiger partial charge in [0.25, 0.3) is 11.8 Å². The maximum absolute atomic E-state index is 12.7. The minimum Gasteiger partial charge on any atom is -0.497 e. The van der Waals surface area contributed by atoms with E-state index in [0.717, 1.165) is 5.56 Å². The van der Waals surface area contributed by atoms with Gasteiger partial charge in [0.15, 0.2) is 0 Å². The second-order valence-electron chi connectivity index (χ2n) is 6.61. The Kier molecular flexibility index (Phi) is 9.12. The number of carboxylic acid groups (broad SMARTS) is 1. The van der Waals surface area contributed by atoms with Crippen molar-refractivity contribution >= 4 is 23.9 Å². The molecule has 7 heteroatoms. The predicted octanol–water partition coefficient (Wildman–Crippen LogP) is 3.23. The van der Waals surface area contributed by atoms with E-state index in [1.54, 1.807) is 61.7 Å². The van der Waals surface area contributed by atoms with E-state index < -0.39 is 11.9 Å². The molecule has 2 aromatic carbocycles. The fourth-order valence-electron chi connectivity index (χ4n) is 2.68. The van der Waals surface area contributed by atoms with E-state index in [1.165, 1.54) is 0 Å². The minimum atomic E-state index is -0.827. The van der Waals surface area contributed by atoms with Crippen LogP contribution in [0.5, 0.6) is 5.75 Å². The average Bonchev–Trinajstić information content (AvgIpc) is 2.76. The van der Waals surface area contributed by atoms with Gasteiger partial charge in [0, 0.05) is 18.5 Å². The first-order valence-electron chi connectivity index (χ1n) is 9.71. The molecule has 0 aliphatic carbocycles. The summed E-state index contributed by atoms with van der Waals surface area (Å²) in [6.07, 6.45) is 3.62. The Morgan fingerprint density at radius 1 is 0.967 bits per heavy atom. The Bertz CT molecular complexity index is 876. The highest BCUT2D eigenvalue weighted by atomic mass is 16.5. The summed E-state index contributed by atoms with van der Waals surface area (Å²) in [5.41, 5.74) is 1.30. The molecule has 0 fully saturated rings. The number of benzene rings is 2. The van der Waals surface area contributed by atoms with E-state index in [1.807, 2.05) is 6.07 Å². The normalized spacial score (nSPS) is 10.9. The lowest BCUT2D eigenvalue weighted by molar-refractivity contribution is -0.137. The number of unbranched alkanes of at least 4 members (excludes halogenated alkanes) is 2. The minimum absolute atomic E-state index is 0.115. The van der Waals surface area contributed by atoms with Gasteiger partial charge in [0.1, 0.15) is 11.4 Å². The molecule has 0 atom stereocenters. The van der Waals surface area contributed by atoms with Crippen LogP contribution in [0, 0.1) is 0 Å². The Morgan fingerprint density at radius 2 is 1.67 bits per heavy atom. The predicted molar refractivity (Wildman–Crippen MR) is 114 cm³/mol. The summed E-state index contributed by atoms with van der Waals surface area (Å²) in [5, 5.41) is 14.1. The van der Waals surface area contributed by atoms with Gasteiger partial charge in [-0.05, 0) is 48.7 Å². The van der Waals surface area contributed by atoms with Gasteiger partial charge >= 0.3 is 5.97 Å². The molecule has 3 N–H and O–H groups in total. The molecule has 0 bridgehead atoms. The summed E-state index contributed by atoms with van der Waals surface area (Å²) >= 11 is 0. The molecule has 2 amide bonds. The molecule has 0 radical (unpaired) electrons. The summed E-state index contributed by atoms with van der Waals surface area (Å²) in [4.78, 5) is 35.7. The summed E-state index contributed by atoms with van der Waals surface area (Å²) in [6, 6.07) is 15.7. The first-order chi connectivity index (χ1) is 14.5. The Labute approximate surface area is 175 Å². The molecule has 0 spiro atoms. The van der Waals surface area contributed by atoms with Crippen molar-refractivity contribution in [2.24, 2.45) is 0 Å². The molecule has 0 saturated heterocycles. The number of hydrogen-bond donors (Lipinski definition) is 3. The van der Waals surface area contributed by atoms with Crippen molar-refractivity contribution in [3.05, 3.63) is 71.4 Å². The Morgan fingerprint density at radius 3 is 2.30 bits per heavy atom. The zero-order chi connectivity index (χ0) is 21.8. The first-order valence-corrected chi connectivity index (χ1v) is 9.71. The van der Waals surface area contributed by atoms with Crippen molar-refractivity contribution in [2.75, 3.05) is 13.7 Å². The Balaban J connectivity index is 2.05. The summed E-state index contributed by atoms with van der Waals surface area (Å²) in [5.74, 6) is -0.930. The van der Waals surface area contributed by atoms with Gasteiger partial charge in [0.2, 0.25) is 0 Å². The standard InChI is InChI=1S/C23H26N2O5/c1-30-19-13-11-17(12-14-19)16-20(25-22(28)18-8-4-2-5-9-18)23(29)24-15-7-3-6-10-21(26)27/h2,4-5,8-9,11-14,16H,3,6-7,10,15H2,1H3,(H,24,29)(H,25,28)(H,26,27)/b20-16-. The lowest BCUT2D eigenvalue weighted by Gasteiger charge is -2.11. The number of rotatable bonds is 11. The monoisotopic (exact) mass is 410 g/mol. The van der Waals surface area contributed by atoms with Crippen LogP contribution in [0.25, 0.3) is 6.08 Å². The third-order valence-electron chi connectivity index (χ3n) is 4.31.